The highest BCUT2D eigenvalue weighted by Crippen LogP contribution is 2.28. The number of likely N-dealkylation sites (tertiary alicyclic amines) is 1. The number of nitrogens with one attached hydrogen (secondary N) is 2. The van der Waals surface area contributed by atoms with Crippen molar-refractivity contribution < 1.29 is 18.0 Å². The number of pyridine rings is 1. The van der Waals surface area contributed by atoms with Crippen LogP contribution in [0.5, 0.6) is 0 Å². The van der Waals surface area contributed by atoms with Gasteiger partial charge < -0.3 is 5.32 Å². The Kier molecular flexibility index (Phi) is 7.78. The molecule has 2 aromatic rings. The minimum Gasteiger partial charge on any atom is -0.309 e. The summed E-state index contributed by atoms with van der Waals surface area (Å²) in [5.74, 6) is 0.519. The number of piperidine rings is 1. The van der Waals surface area contributed by atoms with E-state index < -0.39 is 11.9 Å². The molecular formula is C20H28F3N5O. The van der Waals surface area contributed by atoms with Crippen molar-refractivity contribution in [1.29, 1.82) is 0 Å². The molecule has 1 unspecified atom stereocenters. The molecule has 9 heteroatoms. The second kappa shape index (κ2) is 9.87. The lowest BCUT2D eigenvalue weighted by molar-refractivity contribution is -0.141. The van der Waals surface area contributed by atoms with E-state index in [-0.39, 0.29) is 5.91 Å². The SMILES string of the molecule is CC(=O)Nc1cc(C(C)N2CCCCC2)[nH]n1.Cc1cc(C)nc(C(F)(F)F)c1. The van der Waals surface area contributed by atoms with Crippen LogP contribution in [0.1, 0.15) is 61.8 Å². The number of hydrogen-bond acceptors (Lipinski definition) is 4. The van der Waals surface area contributed by atoms with Crippen LogP contribution in [-0.4, -0.2) is 39.1 Å². The van der Waals surface area contributed by atoms with Gasteiger partial charge in [-0.25, -0.2) is 4.98 Å². The molecule has 1 saturated heterocycles. The van der Waals surface area contributed by atoms with Gasteiger partial charge in [0.2, 0.25) is 5.91 Å². The monoisotopic (exact) mass is 411 g/mol. The van der Waals surface area contributed by atoms with Gasteiger partial charge >= 0.3 is 6.18 Å². The number of nitrogens with zero attached hydrogens (tertiary/aromatic N) is 3. The number of aryl methyl sites for hydroxylation is 2. The zero-order chi connectivity index (χ0) is 21.6. The lowest BCUT2D eigenvalue weighted by Gasteiger charge is -2.31. The van der Waals surface area contributed by atoms with E-state index in [9.17, 15) is 18.0 Å². The predicted octanol–water partition coefficient (Wildman–Crippen LogP) is 4.63. The van der Waals surface area contributed by atoms with Gasteiger partial charge in [-0.2, -0.15) is 18.3 Å². The van der Waals surface area contributed by atoms with E-state index in [0.717, 1.165) is 24.8 Å². The Bertz CT molecular complexity index is 792. The molecule has 0 spiro atoms. The Labute approximate surface area is 168 Å². The number of hydrogen-bond donors (Lipinski definition) is 2. The maximum atomic E-state index is 12.1. The molecule has 0 aromatic carbocycles. The van der Waals surface area contributed by atoms with E-state index in [0.29, 0.717) is 23.1 Å². The largest absolute Gasteiger partial charge is 0.433 e. The zero-order valence-corrected chi connectivity index (χ0v) is 17.2. The van der Waals surface area contributed by atoms with Gasteiger partial charge in [-0.15, -0.1) is 0 Å². The van der Waals surface area contributed by atoms with Crippen molar-refractivity contribution in [2.24, 2.45) is 0 Å². The number of carbonyl (C=O) groups excluding carboxylic acids is 1. The number of rotatable bonds is 3. The molecule has 0 bridgehead atoms. The van der Waals surface area contributed by atoms with Crippen molar-refractivity contribution >= 4 is 11.7 Å². The third-order valence-electron chi connectivity index (χ3n) is 4.68. The number of H-pyrrole nitrogens is 1. The van der Waals surface area contributed by atoms with Gasteiger partial charge in [0.1, 0.15) is 5.69 Å². The molecule has 1 aliphatic heterocycles. The van der Waals surface area contributed by atoms with Gasteiger partial charge in [-0.05, 0) is 64.4 Å². The average molecular weight is 411 g/mol. The van der Waals surface area contributed by atoms with Crippen LogP contribution in [-0.2, 0) is 11.0 Å². The Morgan fingerprint density at radius 2 is 1.83 bits per heavy atom. The summed E-state index contributed by atoms with van der Waals surface area (Å²) in [5.41, 5.74) is 1.22. The third kappa shape index (κ3) is 7.16. The summed E-state index contributed by atoms with van der Waals surface area (Å²) in [6.45, 7) is 9.12. The highest BCUT2D eigenvalue weighted by molar-refractivity contribution is 5.87. The Hall–Kier alpha value is -2.42. The Balaban J connectivity index is 0.000000221. The number of amides is 1. The van der Waals surface area contributed by atoms with Crippen molar-refractivity contribution in [2.75, 3.05) is 18.4 Å². The van der Waals surface area contributed by atoms with Gasteiger partial charge in [0.05, 0.1) is 5.69 Å². The molecule has 6 nitrogen and oxygen atoms in total. The first kappa shape index (κ1) is 22.9. The second-order valence-electron chi connectivity index (χ2n) is 7.33. The van der Waals surface area contributed by atoms with Crippen LogP contribution in [0.2, 0.25) is 0 Å². The summed E-state index contributed by atoms with van der Waals surface area (Å²) in [6, 6.07) is 4.90. The molecule has 1 aliphatic rings. The summed E-state index contributed by atoms with van der Waals surface area (Å²) in [6.07, 6.45) is -0.450. The van der Waals surface area contributed by atoms with Crippen molar-refractivity contribution in [2.45, 2.75) is 59.2 Å². The summed E-state index contributed by atoms with van der Waals surface area (Å²) in [7, 11) is 0. The standard InChI is InChI=1S/C12H20N4O.C8H8F3N/c1-9(16-6-4-3-5-7-16)11-8-12(15-14-11)13-10(2)17;1-5-3-6(2)12-7(4-5)8(9,10)11/h8-9H,3-7H2,1-2H3,(H2,13,14,15,17);3-4H,1-2H3. The number of aromatic amines is 1. The normalized spacial score (nSPS) is 16.0. The van der Waals surface area contributed by atoms with Gasteiger partial charge in [-0.3, -0.25) is 14.8 Å². The fourth-order valence-electron chi connectivity index (χ4n) is 3.28. The molecule has 0 saturated carbocycles. The lowest BCUT2D eigenvalue weighted by Crippen LogP contribution is -2.32. The molecule has 0 aliphatic carbocycles. The van der Waals surface area contributed by atoms with Crippen LogP contribution in [0.15, 0.2) is 18.2 Å². The summed E-state index contributed by atoms with van der Waals surface area (Å²) >= 11 is 0. The quantitative estimate of drug-likeness (QED) is 0.772. The van der Waals surface area contributed by atoms with Crippen LogP contribution < -0.4 is 5.32 Å². The summed E-state index contributed by atoms with van der Waals surface area (Å²) in [5, 5.41) is 9.77. The molecule has 2 N–H and O–H groups in total. The fourth-order valence-corrected chi connectivity index (χ4v) is 3.28. The lowest BCUT2D eigenvalue weighted by atomic mass is 10.1. The first-order valence-electron chi connectivity index (χ1n) is 9.65. The third-order valence-corrected chi connectivity index (χ3v) is 4.68. The van der Waals surface area contributed by atoms with Gasteiger partial charge in [0.25, 0.3) is 0 Å². The number of alkyl halides is 3. The molecule has 160 valence electrons. The number of anilines is 1. The van der Waals surface area contributed by atoms with Crippen molar-refractivity contribution in [1.82, 2.24) is 20.1 Å². The molecule has 2 aromatic heterocycles. The van der Waals surface area contributed by atoms with Gasteiger partial charge in [0.15, 0.2) is 5.82 Å². The highest BCUT2D eigenvalue weighted by atomic mass is 19.4. The first-order valence-corrected chi connectivity index (χ1v) is 9.65. The minimum absolute atomic E-state index is 0.0892. The average Bonchev–Trinajstić information content (AvgIpc) is 3.08. The van der Waals surface area contributed by atoms with Crippen LogP contribution in [0, 0.1) is 13.8 Å². The zero-order valence-electron chi connectivity index (χ0n) is 17.2. The van der Waals surface area contributed by atoms with Crippen molar-refractivity contribution in [3.05, 3.63) is 40.8 Å². The predicted molar refractivity (Wildman–Crippen MR) is 105 cm³/mol. The fraction of sp³-hybridized carbons (Fsp3) is 0.550. The second-order valence-corrected chi connectivity index (χ2v) is 7.33. The molecule has 1 atom stereocenters. The number of carbonyl (C=O) groups is 1. The molecule has 3 rings (SSSR count). The first-order chi connectivity index (χ1) is 13.6. The number of aromatic nitrogens is 3. The van der Waals surface area contributed by atoms with E-state index in [4.69, 9.17) is 0 Å². The highest BCUT2D eigenvalue weighted by Gasteiger charge is 2.32. The smallest absolute Gasteiger partial charge is 0.309 e. The van der Waals surface area contributed by atoms with Crippen LogP contribution in [0.25, 0.3) is 0 Å². The van der Waals surface area contributed by atoms with E-state index in [1.807, 2.05) is 6.07 Å². The maximum Gasteiger partial charge on any atom is 0.433 e. The van der Waals surface area contributed by atoms with Crippen molar-refractivity contribution in [3.63, 3.8) is 0 Å². The maximum absolute atomic E-state index is 12.1. The Morgan fingerprint density at radius 1 is 1.17 bits per heavy atom. The van der Waals surface area contributed by atoms with Gasteiger partial charge in [-0.1, -0.05) is 6.42 Å². The van der Waals surface area contributed by atoms with Crippen molar-refractivity contribution in [3.8, 4) is 0 Å². The summed E-state index contributed by atoms with van der Waals surface area (Å²) in [4.78, 5) is 16.8. The molecule has 29 heavy (non-hydrogen) atoms. The van der Waals surface area contributed by atoms with E-state index in [1.54, 1.807) is 19.9 Å². The minimum atomic E-state index is -4.34. The topological polar surface area (TPSA) is 73.9 Å². The van der Waals surface area contributed by atoms with Crippen LogP contribution >= 0.6 is 0 Å². The molecule has 1 amide bonds. The van der Waals surface area contributed by atoms with Crippen LogP contribution in [0.4, 0.5) is 19.0 Å². The van der Waals surface area contributed by atoms with Gasteiger partial charge in [0, 0.05) is 24.7 Å². The Morgan fingerprint density at radius 3 is 2.38 bits per heavy atom. The molecular weight excluding hydrogens is 383 g/mol. The molecule has 3 heterocycles. The summed E-state index contributed by atoms with van der Waals surface area (Å²) < 4.78 is 36.3. The van der Waals surface area contributed by atoms with Crippen LogP contribution in [0.3, 0.4) is 0 Å². The van der Waals surface area contributed by atoms with E-state index in [1.165, 1.54) is 26.2 Å². The molecule has 0 radical (unpaired) electrons. The molecule has 1 fully saturated rings. The van der Waals surface area contributed by atoms with E-state index >= 15 is 0 Å². The number of halogens is 3. The van der Waals surface area contributed by atoms with E-state index in [2.05, 4.69) is 32.3 Å².